The maximum atomic E-state index is 12.2. The fraction of sp³-hybridized carbons (Fsp3) is 0.381. The molecule has 1 aliphatic rings. The lowest BCUT2D eigenvalue weighted by Gasteiger charge is -2.11. The van der Waals surface area contributed by atoms with Crippen molar-refractivity contribution in [3.63, 3.8) is 0 Å². The molecule has 1 aromatic heterocycles. The van der Waals surface area contributed by atoms with Gasteiger partial charge in [-0.25, -0.2) is 4.98 Å². The number of ether oxygens (including phenoxy) is 1. The first-order valence-corrected chi connectivity index (χ1v) is 10.1. The zero-order valence-electron chi connectivity index (χ0n) is 15.7. The van der Waals surface area contributed by atoms with E-state index in [4.69, 9.17) is 4.74 Å². The highest BCUT2D eigenvalue weighted by molar-refractivity contribution is 8.00. The van der Waals surface area contributed by atoms with Crippen molar-refractivity contribution in [2.45, 2.75) is 37.6 Å². The number of benzene rings is 1. The minimum absolute atomic E-state index is 0.0567. The predicted molar refractivity (Wildman–Crippen MR) is 106 cm³/mol. The van der Waals surface area contributed by atoms with Gasteiger partial charge in [-0.1, -0.05) is 30.0 Å². The van der Waals surface area contributed by atoms with Crippen LogP contribution in [0.4, 0.5) is 0 Å². The summed E-state index contributed by atoms with van der Waals surface area (Å²) in [6.45, 7) is 2.53. The molecule has 3 rings (SSSR count). The standard InChI is InChI=1S/C21H23N3O2S/c1-14-16-7-5-8-18(16)24-21(17(14)12-22)27-13-20(25)23-11-10-15-6-3-4-9-19(15)26-2/h3-4,6,9H,5,7-8,10-11,13H2,1-2H3,(H,23,25). The molecule has 1 aliphatic carbocycles. The van der Waals surface area contributed by atoms with Gasteiger partial charge < -0.3 is 10.1 Å². The SMILES string of the molecule is COc1ccccc1CCNC(=O)CSc1nc2c(c(C)c1C#N)CCC2. The molecule has 1 aromatic carbocycles. The summed E-state index contributed by atoms with van der Waals surface area (Å²) >= 11 is 1.34. The number of nitrogens with zero attached hydrogens (tertiary/aromatic N) is 2. The Morgan fingerprint density at radius 2 is 2.19 bits per heavy atom. The average molecular weight is 382 g/mol. The summed E-state index contributed by atoms with van der Waals surface area (Å²) < 4.78 is 5.33. The van der Waals surface area contributed by atoms with Crippen molar-refractivity contribution in [1.82, 2.24) is 10.3 Å². The van der Waals surface area contributed by atoms with Crippen LogP contribution in [0.2, 0.25) is 0 Å². The molecule has 5 nitrogen and oxygen atoms in total. The van der Waals surface area contributed by atoms with Crippen LogP contribution in [0.5, 0.6) is 5.75 Å². The Balaban J connectivity index is 1.55. The van der Waals surface area contributed by atoms with Crippen LogP contribution in [-0.2, 0) is 24.1 Å². The number of rotatable bonds is 7. The van der Waals surface area contributed by atoms with Crippen LogP contribution in [0, 0.1) is 18.3 Å². The monoisotopic (exact) mass is 381 g/mol. The van der Waals surface area contributed by atoms with E-state index >= 15 is 0 Å². The lowest BCUT2D eigenvalue weighted by Crippen LogP contribution is -2.27. The van der Waals surface area contributed by atoms with Gasteiger partial charge in [-0.15, -0.1) is 0 Å². The Morgan fingerprint density at radius 1 is 1.37 bits per heavy atom. The number of aromatic nitrogens is 1. The number of hydrogen-bond donors (Lipinski definition) is 1. The average Bonchev–Trinajstić information content (AvgIpc) is 3.16. The maximum Gasteiger partial charge on any atom is 0.230 e. The second kappa shape index (κ2) is 8.92. The third-order valence-electron chi connectivity index (χ3n) is 4.83. The smallest absolute Gasteiger partial charge is 0.230 e. The Morgan fingerprint density at radius 3 is 2.96 bits per heavy atom. The Bertz CT molecular complexity index is 890. The van der Waals surface area contributed by atoms with Crippen molar-refractivity contribution in [3.05, 3.63) is 52.2 Å². The van der Waals surface area contributed by atoms with Gasteiger partial charge in [-0.2, -0.15) is 5.26 Å². The topological polar surface area (TPSA) is 75.0 Å². The van der Waals surface area contributed by atoms with Gasteiger partial charge in [0.25, 0.3) is 0 Å². The van der Waals surface area contributed by atoms with Crippen LogP contribution < -0.4 is 10.1 Å². The Kier molecular flexibility index (Phi) is 6.36. The number of amides is 1. The first kappa shape index (κ1) is 19.2. The van der Waals surface area contributed by atoms with E-state index in [2.05, 4.69) is 16.4 Å². The second-order valence-electron chi connectivity index (χ2n) is 6.51. The van der Waals surface area contributed by atoms with Crippen molar-refractivity contribution in [2.75, 3.05) is 19.4 Å². The minimum atomic E-state index is -0.0567. The van der Waals surface area contributed by atoms with Gasteiger partial charge in [0.1, 0.15) is 16.8 Å². The third kappa shape index (κ3) is 4.42. The lowest BCUT2D eigenvalue weighted by atomic mass is 10.0. The number of nitriles is 1. The van der Waals surface area contributed by atoms with E-state index in [0.717, 1.165) is 41.8 Å². The maximum absolute atomic E-state index is 12.2. The Labute approximate surface area is 164 Å². The highest BCUT2D eigenvalue weighted by Gasteiger charge is 2.21. The lowest BCUT2D eigenvalue weighted by molar-refractivity contribution is -0.118. The highest BCUT2D eigenvalue weighted by atomic mass is 32.2. The van der Waals surface area contributed by atoms with E-state index in [9.17, 15) is 10.1 Å². The molecule has 0 saturated heterocycles. The zero-order valence-corrected chi connectivity index (χ0v) is 16.5. The van der Waals surface area contributed by atoms with Gasteiger partial charge in [0.15, 0.2) is 0 Å². The molecule has 0 atom stereocenters. The molecule has 27 heavy (non-hydrogen) atoms. The van der Waals surface area contributed by atoms with Crippen molar-refractivity contribution in [2.24, 2.45) is 0 Å². The number of para-hydroxylation sites is 1. The summed E-state index contributed by atoms with van der Waals surface area (Å²) in [5.41, 5.74) is 5.01. The molecule has 0 spiro atoms. The largest absolute Gasteiger partial charge is 0.496 e. The van der Waals surface area contributed by atoms with Crippen LogP contribution in [0.1, 0.15) is 34.4 Å². The van der Waals surface area contributed by atoms with E-state index in [-0.39, 0.29) is 11.7 Å². The summed E-state index contributed by atoms with van der Waals surface area (Å²) in [5.74, 6) is 1.03. The second-order valence-corrected chi connectivity index (χ2v) is 7.47. The van der Waals surface area contributed by atoms with Crippen LogP contribution in [0.15, 0.2) is 29.3 Å². The van der Waals surface area contributed by atoms with E-state index in [1.54, 1.807) is 7.11 Å². The molecule has 1 amide bonds. The van der Waals surface area contributed by atoms with E-state index in [1.165, 1.54) is 17.3 Å². The summed E-state index contributed by atoms with van der Waals surface area (Å²) in [6.07, 6.45) is 3.75. The van der Waals surface area contributed by atoms with Gasteiger partial charge in [0.05, 0.1) is 18.4 Å². The number of carbonyl (C=O) groups is 1. The quantitative estimate of drug-likeness (QED) is 0.746. The van der Waals surface area contributed by atoms with Crippen LogP contribution in [0.3, 0.4) is 0 Å². The van der Waals surface area contributed by atoms with Crippen LogP contribution >= 0.6 is 11.8 Å². The molecule has 140 valence electrons. The Hall–Kier alpha value is -2.52. The predicted octanol–water partition coefficient (Wildman–Crippen LogP) is 3.21. The van der Waals surface area contributed by atoms with Gasteiger partial charge >= 0.3 is 0 Å². The van der Waals surface area contributed by atoms with Gasteiger partial charge in [-0.05, 0) is 55.4 Å². The molecule has 0 fully saturated rings. The number of hydrogen-bond acceptors (Lipinski definition) is 5. The first-order chi connectivity index (χ1) is 13.1. The number of aryl methyl sites for hydroxylation is 1. The molecule has 2 aromatic rings. The van der Waals surface area contributed by atoms with E-state index < -0.39 is 0 Å². The summed E-state index contributed by atoms with van der Waals surface area (Å²) in [5, 5.41) is 13.1. The summed E-state index contributed by atoms with van der Waals surface area (Å²) in [7, 11) is 1.65. The number of nitrogens with one attached hydrogen (secondary N) is 1. The number of fused-ring (bicyclic) bond motifs is 1. The van der Waals surface area contributed by atoms with Gasteiger partial charge in [-0.3, -0.25) is 4.79 Å². The van der Waals surface area contributed by atoms with Gasteiger partial charge in [0.2, 0.25) is 5.91 Å². The van der Waals surface area contributed by atoms with Crippen molar-refractivity contribution < 1.29 is 9.53 Å². The number of thioether (sulfide) groups is 1. The number of methoxy groups -OCH3 is 1. The molecule has 0 bridgehead atoms. The molecule has 0 saturated carbocycles. The summed E-state index contributed by atoms with van der Waals surface area (Å²) in [6, 6.07) is 10.1. The van der Waals surface area contributed by atoms with Crippen molar-refractivity contribution in [1.29, 1.82) is 5.26 Å². The molecule has 1 N–H and O–H groups in total. The van der Waals surface area contributed by atoms with Crippen molar-refractivity contribution in [3.8, 4) is 11.8 Å². The molecule has 0 aliphatic heterocycles. The fourth-order valence-electron chi connectivity index (χ4n) is 3.41. The van der Waals surface area contributed by atoms with E-state index in [1.807, 2.05) is 31.2 Å². The normalized spacial score (nSPS) is 12.3. The molecule has 0 unspecified atom stereocenters. The third-order valence-corrected chi connectivity index (χ3v) is 5.80. The fourth-order valence-corrected chi connectivity index (χ4v) is 4.30. The molecular weight excluding hydrogens is 358 g/mol. The highest BCUT2D eigenvalue weighted by Crippen LogP contribution is 2.31. The first-order valence-electron chi connectivity index (χ1n) is 9.08. The van der Waals surface area contributed by atoms with Gasteiger partial charge in [0, 0.05) is 12.2 Å². The minimum Gasteiger partial charge on any atom is -0.496 e. The summed E-state index contributed by atoms with van der Waals surface area (Å²) in [4.78, 5) is 16.9. The zero-order chi connectivity index (χ0) is 19.2. The molecule has 1 heterocycles. The van der Waals surface area contributed by atoms with Crippen LogP contribution in [-0.4, -0.2) is 30.3 Å². The number of pyridine rings is 1. The van der Waals surface area contributed by atoms with Crippen molar-refractivity contribution >= 4 is 17.7 Å². The molecule has 6 heteroatoms. The number of carbonyl (C=O) groups excluding carboxylic acids is 1. The van der Waals surface area contributed by atoms with E-state index in [0.29, 0.717) is 23.6 Å². The molecular formula is C21H23N3O2S. The van der Waals surface area contributed by atoms with Crippen LogP contribution in [0.25, 0.3) is 0 Å². The molecule has 0 radical (unpaired) electrons.